The SMILES string of the molecule is Cl.NCc1cc(=O)[nH]c2ccccc12. The molecule has 1 aromatic heterocycles. The zero-order valence-electron chi connectivity index (χ0n) is 7.49. The van der Waals surface area contributed by atoms with Crippen LogP contribution in [0, 0.1) is 0 Å². The van der Waals surface area contributed by atoms with Gasteiger partial charge >= 0.3 is 0 Å². The van der Waals surface area contributed by atoms with Crippen molar-refractivity contribution in [3.05, 3.63) is 46.2 Å². The van der Waals surface area contributed by atoms with Gasteiger partial charge in [-0.3, -0.25) is 4.79 Å². The molecule has 0 saturated carbocycles. The Morgan fingerprint density at radius 1 is 1.29 bits per heavy atom. The molecule has 1 heterocycles. The van der Waals surface area contributed by atoms with E-state index in [2.05, 4.69) is 4.98 Å². The Bertz CT molecular complexity index is 493. The van der Waals surface area contributed by atoms with Crippen molar-refractivity contribution in [3.63, 3.8) is 0 Å². The van der Waals surface area contributed by atoms with E-state index in [0.29, 0.717) is 6.54 Å². The van der Waals surface area contributed by atoms with Crippen molar-refractivity contribution in [2.45, 2.75) is 6.54 Å². The zero-order valence-corrected chi connectivity index (χ0v) is 8.30. The van der Waals surface area contributed by atoms with E-state index in [0.717, 1.165) is 16.5 Å². The number of fused-ring (bicyclic) bond motifs is 1. The van der Waals surface area contributed by atoms with Crippen LogP contribution in [-0.2, 0) is 6.54 Å². The number of aromatic nitrogens is 1. The maximum absolute atomic E-state index is 11.2. The molecule has 0 bridgehead atoms. The lowest BCUT2D eigenvalue weighted by Crippen LogP contribution is -2.08. The number of nitrogens with one attached hydrogen (secondary N) is 1. The van der Waals surface area contributed by atoms with Crippen molar-refractivity contribution in [1.82, 2.24) is 4.98 Å². The van der Waals surface area contributed by atoms with Crippen LogP contribution in [0.4, 0.5) is 0 Å². The summed E-state index contributed by atoms with van der Waals surface area (Å²) in [6.07, 6.45) is 0. The minimum absolute atomic E-state index is 0. The van der Waals surface area contributed by atoms with Gasteiger partial charge < -0.3 is 10.7 Å². The molecule has 0 unspecified atom stereocenters. The Kier molecular flexibility index (Phi) is 3.28. The van der Waals surface area contributed by atoms with Gasteiger partial charge in [0.25, 0.3) is 0 Å². The van der Waals surface area contributed by atoms with E-state index in [1.54, 1.807) is 6.07 Å². The number of rotatable bonds is 1. The van der Waals surface area contributed by atoms with Crippen LogP contribution >= 0.6 is 12.4 Å². The highest BCUT2D eigenvalue weighted by atomic mass is 35.5. The second kappa shape index (κ2) is 4.26. The maximum atomic E-state index is 11.2. The third kappa shape index (κ3) is 1.78. The molecular weight excluding hydrogens is 200 g/mol. The van der Waals surface area contributed by atoms with E-state index in [4.69, 9.17) is 5.73 Å². The van der Waals surface area contributed by atoms with Crippen LogP contribution in [0.2, 0.25) is 0 Å². The Balaban J connectivity index is 0.000000980. The average molecular weight is 211 g/mol. The molecule has 0 fully saturated rings. The lowest BCUT2D eigenvalue weighted by molar-refractivity contribution is 1.07. The van der Waals surface area contributed by atoms with E-state index in [-0.39, 0.29) is 18.0 Å². The number of halogens is 1. The zero-order chi connectivity index (χ0) is 9.26. The van der Waals surface area contributed by atoms with Crippen molar-refractivity contribution in [3.8, 4) is 0 Å². The highest BCUT2D eigenvalue weighted by Gasteiger charge is 1.99. The fourth-order valence-corrected chi connectivity index (χ4v) is 1.45. The van der Waals surface area contributed by atoms with Gasteiger partial charge in [0, 0.05) is 23.5 Å². The van der Waals surface area contributed by atoms with Crippen LogP contribution in [0.1, 0.15) is 5.56 Å². The number of hydrogen-bond acceptors (Lipinski definition) is 2. The second-order valence-electron chi connectivity index (χ2n) is 2.91. The first-order valence-electron chi connectivity index (χ1n) is 4.12. The molecule has 4 heteroatoms. The van der Waals surface area contributed by atoms with Crippen molar-refractivity contribution < 1.29 is 0 Å². The van der Waals surface area contributed by atoms with Gasteiger partial charge in [-0.05, 0) is 11.6 Å². The highest BCUT2D eigenvalue weighted by molar-refractivity contribution is 5.85. The molecule has 14 heavy (non-hydrogen) atoms. The monoisotopic (exact) mass is 210 g/mol. The topological polar surface area (TPSA) is 58.9 Å². The normalized spacial score (nSPS) is 9.79. The van der Waals surface area contributed by atoms with Gasteiger partial charge in [0.15, 0.2) is 0 Å². The van der Waals surface area contributed by atoms with Crippen molar-refractivity contribution in [2.24, 2.45) is 5.73 Å². The molecule has 2 rings (SSSR count). The molecule has 0 radical (unpaired) electrons. The van der Waals surface area contributed by atoms with Crippen LogP contribution < -0.4 is 11.3 Å². The molecule has 0 saturated heterocycles. The number of nitrogens with two attached hydrogens (primary N) is 1. The Morgan fingerprint density at radius 2 is 2.00 bits per heavy atom. The van der Waals surface area contributed by atoms with Crippen LogP contribution in [-0.4, -0.2) is 4.98 Å². The predicted molar refractivity (Wildman–Crippen MR) is 59.7 cm³/mol. The molecule has 0 amide bonds. The fourth-order valence-electron chi connectivity index (χ4n) is 1.45. The van der Waals surface area contributed by atoms with Gasteiger partial charge in [-0.1, -0.05) is 18.2 Å². The van der Waals surface area contributed by atoms with Crippen LogP contribution in [0.5, 0.6) is 0 Å². The Labute approximate surface area is 87.4 Å². The average Bonchev–Trinajstić information content (AvgIpc) is 2.16. The van der Waals surface area contributed by atoms with Gasteiger partial charge in [-0.2, -0.15) is 0 Å². The largest absolute Gasteiger partial charge is 0.326 e. The highest BCUT2D eigenvalue weighted by Crippen LogP contribution is 2.13. The van der Waals surface area contributed by atoms with E-state index >= 15 is 0 Å². The summed E-state index contributed by atoms with van der Waals surface area (Å²) < 4.78 is 0. The Morgan fingerprint density at radius 3 is 2.71 bits per heavy atom. The minimum atomic E-state index is -0.0980. The van der Waals surface area contributed by atoms with E-state index in [1.807, 2.05) is 24.3 Å². The van der Waals surface area contributed by atoms with Gasteiger partial charge in [0.05, 0.1) is 0 Å². The number of hydrogen-bond donors (Lipinski definition) is 2. The molecule has 0 aliphatic heterocycles. The van der Waals surface area contributed by atoms with E-state index in [1.165, 1.54) is 0 Å². The lowest BCUT2D eigenvalue weighted by Gasteiger charge is -2.01. The standard InChI is InChI=1S/C10H10N2O.ClH/c11-6-7-5-10(13)12-9-4-2-1-3-8(7)9;/h1-5H,6,11H2,(H,12,13);1H. The molecule has 2 aromatic rings. The summed E-state index contributed by atoms with van der Waals surface area (Å²) in [5, 5.41) is 1.02. The van der Waals surface area contributed by atoms with Gasteiger partial charge in [0.2, 0.25) is 5.56 Å². The van der Waals surface area contributed by atoms with Gasteiger partial charge in [-0.25, -0.2) is 0 Å². The molecule has 0 spiro atoms. The molecule has 0 aliphatic rings. The maximum Gasteiger partial charge on any atom is 0.248 e. The van der Waals surface area contributed by atoms with Crippen molar-refractivity contribution >= 4 is 23.3 Å². The van der Waals surface area contributed by atoms with Crippen LogP contribution in [0.25, 0.3) is 10.9 Å². The lowest BCUT2D eigenvalue weighted by atomic mass is 10.1. The molecule has 3 nitrogen and oxygen atoms in total. The summed E-state index contributed by atoms with van der Waals surface area (Å²) in [6, 6.07) is 9.18. The molecule has 3 N–H and O–H groups in total. The van der Waals surface area contributed by atoms with Gasteiger partial charge in [0.1, 0.15) is 0 Å². The first kappa shape index (κ1) is 10.8. The molecule has 1 aromatic carbocycles. The Hall–Kier alpha value is -1.32. The van der Waals surface area contributed by atoms with Crippen LogP contribution in [0.15, 0.2) is 35.1 Å². The van der Waals surface area contributed by atoms with Gasteiger partial charge in [-0.15, -0.1) is 12.4 Å². The summed E-state index contributed by atoms with van der Waals surface area (Å²) >= 11 is 0. The third-order valence-electron chi connectivity index (χ3n) is 2.06. The van der Waals surface area contributed by atoms with Crippen LogP contribution in [0.3, 0.4) is 0 Å². The predicted octanol–water partition coefficient (Wildman–Crippen LogP) is 1.41. The quantitative estimate of drug-likeness (QED) is 0.748. The number of benzene rings is 1. The van der Waals surface area contributed by atoms with E-state index < -0.39 is 0 Å². The third-order valence-corrected chi connectivity index (χ3v) is 2.06. The number of aromatic amines is 1. The van der Waals surface area contributed by atoms with E-state index in [9.17, 15) is 4.79 Å². The number of H-pyrrole nitrogens is 1. The number of pyridine rings is 1. The molecule has 74 valence electrons. The first-order valence-corrected chi connectivity index (χ1v) is 4.12. The smallest absolute Gasteiger partial charge is 0.248 e. The summed E-state index contributed by atoms with van der Waals surface area (Å²) in [6.45, 7) is 0.393. The number of para-hydroxylation sites is 1. The molecule has 0 aliphatic carbocycles. The summed E-state index contributed by atoms with van der Waals surface area (Å²) in [7, 11) is 0. The second-order valence-corrected chi connectivity index (χ2v) is 2.91. The minimum Gasteiger partial charge on any atom is -0.326 e. The summed E-state index contributed by atoms with van der Waals surface area (Å²) in [5.74, 6) is 0. The molecule has 0 atom stereocenters. The van der Waals surface area contributed by atoms with Crippen molar-refractivity contribution in [2.75, 3.05) is 0 Å². The first-order chi connectivity index (χ1) is 6.31. The summed E-state index contributed by atoms with van der Waals surface area (Å²) in [5.41, 5.74) is 7.17. The fraction of sp³-hybridized carbons (Fsp3) is 0.100. The molecular formula is C10H11ClN2O. The summed E-state index contributed by atoms with van der Waals surface area (Å²) in [4.78, 5) is 13.9. The van der Waals surface area contributed by atoms with Crippen molar-refractivity contribution in [1.29, 1.82) is 0 Å².